The van der Waals surface area contributed by atoms with Crippen molar-refractivity contribution in [2.24, 2.45) is 0 Å². The van der Waals surface area contributed by atoms with E-state index in [0.717, 1.165) is 5.56 Å². The molecule has 88 valence electrons. The summed E-state index contributed by atoms with van der Waals surface area (Å²) in [5.41, 5.74) is 0.433. The minimum absolute atomic E-state index is 0.00655. The van der Waals surface area contributed by atoms with Gasteiger partial charge in [0.05, 0.1) is 12.9 Å². The van der Waals surface area contributed by atoms with Crippen LogP contribution in [0.25, 0.3) is 0 Å². The highest BCUT2D eigenvalue weighted by Crippen LogP contribution is 2.17. The molecule has 0 fully saturated rings. The van der Waals surface area contributed by atoms with Gasteiger partial charge in [0.2, 0.25) is 0 Å². The van der Waals surface area contributed by atoms with Crippen molar-refractivity contribution in [1.29, 1.82) is 0 Å². The van der Waals surface area contributed by atoms with Crippen molar-refractivity contribution in [3.05, 3.63) is 61.7 Å². The Balaban J connectivity index is 2.41. The van der Waals surface area contributed by atoms with Crippen molar-refractivity contribution in [3.63, 3.8) is 0 Å². The highest BCUT2D eigenvalue weighted by Gasteiger charge is 2.08. The average Bonchev–Trinajstić information content (AvgIpc) is 2.32. The van der Waals surface area contributed by atoms with Crippen molar-refractivity contribution in [2.75, 3.05) is 0 Å². The Bertz CT molecular complexity index is 610. The number of nitrogens with zero attached hydrogens (tertiary/aromatic N) is 2. The van der Waals surface area contributed by atoms with E-state index in [4.69, 9.17) is 34.8 Å². The van der Waals surface area contributed by atoms with E-state index < -0.39 is 0 Å². The van der Waals surface area contributed by atoms with E-state index in [9.17, 15) is 4.79 Å². The van der Waals surface area contributed by atoms with E-state index in [0.29, 0.717) is 11.6 Å². The van der Waals surface area contributed by atoms with Crippen molar-refractivity contribution < 1.29 is 0 Å². The van der Waals surface area contributed by atoms with E-state index in [1.807, 2.05) is 18.2 Å². The van der Waals surface area contributed by atoms with E-state index in [1.165, 1.54) is 10.9 Å². The molecule has 6 heteroatoms. The first-order valence-corrected chi connectivity index (χ1v) is 5.87. The second kappa shape index (κ2) is 5.08. The lowest BCUT2D eigenvalue weighted by atomic mass is 10.2. The fraction of sp³-hybridized carbons (Fsp3) is 0.0909. The van der Waals surface area contributed by atoms with Gasteiger partial charge in [-0.05, 0) is 11.6 Å². The molecule has 0 N–H and O–H groups in total. The van der Waals surface area contributed by atoms with Gasteiger partial charge in [0.15, 0.2) is 5.15 Å². The molecule has 0 atom stereocenters. The fourth-order valence-corrected chi connectivity index (χ4v) is 1.84. The zero-order valence-electron chi connectivity index (χ0n) is 8.53. The molecule has 1 aromatic heterocycles. The number of rotatable bonds is 2. The first-order valence-electron chi connectivity index (χ1n) is 4.73. The predicted octanol–water partition coefficient (Wildman–Crippen LogP) is 3.25. The second-order valence-corrected chi connectivity index (χ2v) is 4.52. The fourth-order valence-electron chi connectivity index (χ4n) is 1.37. The topological polar surface area (TPSA) is 34.9 Å². The Morgan fingerprint density at radius 2 is 1.88 bits per heavy atom. The number of hydrogen-bond donors (Lipinski definition) is 0. The Hall–Kier alpha value is -1.03. The zero-order valence-corrected chi connectivity index (χ0v) is 10.8. The number of benzene rings is 1. The lowest BCUT2D eigenvalue weighted by Crippen LogP contribution is -2.21. The molecule has 0 amide bonds. The molecule has 0 aliphatic rings. The number of aromatic nitrogens is 2. The van der Waals surface area contributed by atoms with Crippen LogP contribution in [-0.4, -0.2) is 9.55 Å². The monoisotopic (exact) mass is 288 g/mol. The van der Waals surface area contributed by atoms with Crippen LogP contribution in [0.1, 0.15) is 5.56 Å². The Morgan fingerprint density at radius 3 is 2.59 bits per heavy atom. The Kier molecular flexibility index (Phi) is 3.72. The van der Waals surface area contributed by atoms with E-state index >= 15 is 0 Å². The van der Waals surface area contributed by atoms with Gasteiger partial charge >= 0.3 is 0 Å². The molecular formula is C11H7Cl3N2O. The zero-order chi connectivity index (χ0) is 12.4. The third kappa shape index (κ3) is 2.63. The van der Waals surface area contributed by atoms with Gasteiger partial charge in [0.1, 0.15) is 5.02 Å². The van der Waals surface area contributed by atoms with Crippen molar-refractivity contribution >= 4 is 34.8 Å². The van der Waals surface area contributed by atoms with Crippen LogP contribution in [0.5, 0.6) is 0 Å². The van der Waals surface area contributed by atoms with Crippen LogP contribution < -0.4 is 5.56 Å². The molecular weight excluding hydrogens is 282 g/mol. The minimum atomic E-state index is -0.383. The minimum Gasteiger partial charge on any atom is -0.293 e. The van der Waals surface area contributed by atoms with Crippen LogP contribution in [0.3, 0.4) is 0 Å². The SMILES string of the molecule is O=c1c(Cl)c(Cl)ncn1Cc1ccccc1Cl. The van der Waals surface area contributed by atoms with Gasteiger partial charge in [-0.1, -0.05) is 53.0 Å². The molecule has 0 radical (unpaired) electrons. The largest absolute Gasteiger partial charge is 0.293 e. The van der Waals surface area contributed by atoms with Gasteiger partial charge in [-0.25, -0.2) is 4.98 Å². The van der Waals surface area contributed by atoms with Crippen molar-refractivity contribution in [3.8, 4) is 0 Å². The molecule has 0 saturated heterocycles. The van der Waals surface area contributed by atoms with Gasteiger partial charge in [-0.3, -0.25) is 9.36 Å². The summed E-state index contributed by atoms with van der Waals surface area (Å²) in [5.74, 6) is 0. The normalized spacial score (nSPS) is 10.5. The number of halogens is 3. The van der Waals surface area contributed by atoms with Crippen LogP contribution in [-0.2, 0) is 6.54 Å². The third-order valence-electron chi connectivity index (χ3n) is 2.24. The summed E-state index contributed by atoms with van der Waals surface area (Å²) in [5, 5.41) is 0.513. The third-order valence-corrected chi connectivity index (χ3v) is 3.33. The number of hydrogen-bond acceptors (Lipinski definition) is 2. The van der Waals surface area contributed by atoms with Gasteiger partial charge in [-0.2, -0.15) is 0 Å². The molecule has 0 saturated carbocycles. The summed E-state index contributed by atoms with van der Waals surface area (Å²) < 4.78 is 1.36. The summed E-state index contributed by atoms with van der Waals surface area (Å²) in [6.45, 7) is 0.308. The van der Waals surface area contributed by atoms with Crippen molar-refractivity contribution in [2.45, 2.75) is 6.54 Å². The highest BCUT2D eigenvalue weighted by molar-refractivity contribution is 6.40. The molecule has 17 heavy (non-hydrogen) atoms. The summed E-state index contributed by atoms with van der Waals surface area (Å²) in [7, 11) is 0. The maximum atomic E-state index is 11.8. The van der Waals surface area contributed by atoms with Crippen LogP contribution in [0.4, 0.5) is 0 Å². The van der Waals surface area contributed by atoms with E-state index in [-0.39, 0.29) is 15.7 Å². The van der Waals surface area contributed by atoms with Gasteiger partial charge in [0.25, 0.3) is 5.56 Å². The molecule has 0 aliphatic heterocycles. The van der Waals surface area contributed by atoms with Gasteiger partial charge < -0.3 is 0 Å². The van der Waals surface area contributed by atoms with E-state index in [1.54, 1.807) is 6.07 Å². The molecule has 1 heterocycles. The summed E-state index contributed by atoms with van der Waals surface area (Å²) in [4.78, 5) is 15.6. The maximum absolute atomic E-state index is 11.8. The first-order chi connectivity index (χ1) is 8.09. The summed E-state index contributed by atoms with van der Waals surface area (Å²) in [6.07, 6.45) is 1.35. The Morgan fingerprint density at radius 1 is 1.18 bits per heavy atom. The standard InChI is InChI=1S/C11H7Cl3N2O/c12-8-4-2-1-3-7(8)5-16-6-15-10(14)9(13)11(16)17/h1-4,6H,5H2. The van der Waals surface area contributed by atoms with Crippen molar-refractivity contribution in [1.82, 2.24) is 9.55 Å². The average molecular weight is 290 g/mol. The van der Waals surface area contributed by atoms with E-state index in [2.05, 4.69) is 4.98 Å². The molecule has 2 aromatic rings. The van der Waals surface area contributed by atoms with Crippen LogP contribution >= 0.6 is 34.8 Å². The molecule has 0 bridgehead atoms. The van der Waals surface area contributed by atoms with Crippen LogP contribution in [0.15, 0.2) is 35.4 Å². The molecule has 1 aromatic carbocycles. The Labute approximate surface area is 113 Å². The molecule has 0 spiro atoms. The van der Waals surface area contributed by atoms with Crippen LogP contribution in [0, 0.1) is 0 Å². The van der Waals surface area contributed by atoms with Gasteiger partial charge in [0, 0.05) is 5.02 Å². The molecule has 2 rings (SSSR count). The quantitative estimate of drug-likeness (QED) is 0.796. The predicted molar refractivity (Wildman–Crippen MR) is 69.1 cm³/mol. The first kappa shape index (κ1) is 12.4. The second-order valence-electron chi connectivity index (χ2n) is 3.37. The highest BCUT2D eigenvalue weighted by atomic mass is 35.5. The maximum Gasteiger partial charge on any atom is 0.273 e. The smallest absolute Gasteiger partial charge is 0.273 e. The molecule has 0 unspecified atom stereocenters. The van der Waals surface area contributed by atoms with Gasteiger partial charge in [-0.15, -0.1) is 0 Å². The summed E-state index contributed by atoms with van der Waals surface area (Å²) >= 11 is 17.4. The lowest BCUT2D eigenvalue weighted by Gasteiger charge is -2.07. The molecule has 0 aliphatic carbocycles. The molecule has 3 nitrogen and oxygen atoms in total. The lowest BCUT2D eigenvalue weighted by molar-refractivity contribution is 0.736. The van der Waals surface area contributed by atoms with Crippen LogP contribution in [0.2, 0.25) is 15.2 Å². The summed E-state index contributed by atoms with van der Waals surface area (Å²) in [6, 6.07) is 7.25.